The highest BCUT2D eigenvalue weighted by molar-refractivity contribution is 6.00. The van der Waals surface area contributed by atoms with Crippen LogP contribution in [0.3, 0.4) is 0 Å². The maximum absolute atomic E-state index is 12.8. The van der Waals surface area contributed by atoms with E-state index in [1.54, 1.807) is 12.1 Å². The largest absolute Gasteiger partial charge is 0.481 e. The molecule has 1 aromatic carbocycles. The van der Waals surface area contributed by atoms with Crippen LogP contribution in [0.15, 0.2) is 18.2 Å². The van der Waals surface area contributed by atoms with E-state index in [-0.39, 0.29) is 11.8 Å². The molecule has 0 bridgehead atoms. The Balaban J connectivity index is 1.68. The normalized spacial score (nSPS) is 21.3. The van der Waals surface area contributed by atoms with Crippen LogP contribution >= 0.6 is 0 Å². The van der Waals surface area contributed by atoms with Gasteiger partial charge in [-0.1, -0.05) is 32.3 Å². The van der Waals surface area contributed by atoms with Crippen LogP contribution < -0.4 is 16.0 Å². The van der Waals surface area contributed by atoms with Crippen LogP contribution in [0, 0.1) is 5.92 Å². The van der Waals surface area contributed by atoms with Gasteiger partial charge in [-0.3, -0.25) is 19.2 Å². The van der Waals surface area contributed by atoms with Gasteiger partial charge in [0.25, 0.3) is 5.91 Å². The summed E-state index contributed by atoms with van der Waals surface area (Å²) < 4.78 is 0. The first kappa shape index (κ1) is 21.8. The highest BCUT2D eigenvalue weighted by Gasteiger charge is 2.35. The van der Waals surface area contributed by atoms with E-state index in [9.17, 15) is 24.3 Å². The zero-order valence-corrected chi connectivity index (χ0v) is 17.2. The molecule has 1 aliphatic heterocycles. The fraction of sp³-hybridized carbons (Fsp3) is 0.545. The van der Waals surface area contributed by atoms with Gasteiger partial charge in [0.05, 0.1) is 5.92 Å². The molecule has 8 heteroatoms. The number of hydrogen-bond donors (Lipinski definition) is 4. The van der Waals surface area contributed by atoms with Crippen molar-refractivity contribution in [1.29, 1.82) is 0 Å². The Hall–Kier alpha value is -2.90. The molecular weight excluding hydrogens is 386 g/mol. The van der Waals surface area contributed by atoms with Crippen molar-refractivity contribution >= 4 is 29.4 Å². The first-order valence-electron chi connectivity index (χ1n) is 10.7. The average Bonchev–Trinajstić information content (AvgIpc) is 3.18. The van der Waals surface area contributed by atoms with Crippen molar-refractivity contribution in [3.05, 3.63) is 29.3 Å². The van der Waals surface area contributed by atoms with Crippen molar-refractivity contribution in [1.82, 2.24) is 10.6 Å². The van der Waals surface area contributed by atoms with Crippen LogP contribution in [-0.2, 0) is 20.8 Å². The highest BCUT2D eigenvalue weighted by atomic mass is 16.4. The number of hydrogen-bond acceptors (Lipinski definition) is 4. The topological polar surface area (TPSA) is 125 Å². The molecule has 162 valence electrons. The fourth-order valence-corrected chi connectivity index (χ4v) is 4.14. The van der Waals surface area contributed by atoms with Crippen molar-refractivity contribution in [3.8, 4) is 0 Å². The third kappa shape index (κ3) is 5.17. The predicted octanol–water partition coefficient (Wildman–Crippen LogP) is 2.23. The molecule has 1 heterocycles. The number of amides is 3. The number of nitrogens with one attached hydrogen (secondary N) is 3. The number of rotatable bonds is 8. The number of carboxylic acid groups (broad SMARTS) is 1. The summed E-state index contributed by atoms with van der Waals surface area (Å²) in [6, 6.07) is 4.00. The Kier molecular flexibility index (Phi) is 7.07. The number of aryl methyl sites for hydroxylation is 1. The number of carbonyl (C=O) groups excluding carboxylic acids is 3. The van der Waals surface area contributed by atoms with Gasteiger partial charge in [-0.05, 0) is 43.4 Å². The lowest BCUT2D eigenvalue weighted by Gasteiger charge is -2.23. The summed E-state index contributed by atoms with van der Waals surface area (Å²) in [6.07, 6.45) is 5.09. The minimum absolute atomic E-state index is 0.0789. The molecule has 1 aromatic rings. The van der Waals surface area contributed by atoms with Gasteiger partial charge in [-0.25, -0.2) is 0 Å². The lowest BCUT2D eigenvalue weighted by molar-refractivity contribution is -0.142. The second-order valence-corrected chi connectivity index (χ2v) is 8.08. The van der Waals surface area contributed by atoms with Crippen molar-refractivity contribution in [3.63, 3.8) is 0 Å². The van der Waals surface area contributed by atoms with Crippen LogP contribution in [0.5, 0.6) is 0 Å². The van der Waals surface area contributed by atoms with Gasteiger partial charge in [0.2, 0.25) is 11.8 Å². The van der Waals surface area contributed by atoms with Gasteiger partial charge >= 0.3 is 5.97 Å². The van der Waals surface area contributed by atoms with Crippen LogP contribution in [0.4, 0.5) is 5.69 Å². The van der Waals surface area contributed by atoms with Crippen LogP contribution in [0.25, 0.3) is 0 Å². The summed E-state index contributed by atoms with van der Waals surface area (Å²) in [5.74, 6) is -2.30. The van der Waals surface area contributed by atoms with E-state index in [2.05, 4.69) is 16.0 Å². The number of fused-ring (bicyclic) bond motifs is 1. The van der Waals surface area contributed by atoms with E-state index in [1.165, 1.54) is 0 Å². The molecule has 2 aliphatic rings. The Morgan fingerprint density at radius 3 is 2.77 bits per heavy atom. The molecule has 0 saturated heterocycles. The van der Waals surface area contributed by atoms with Crippen LogP contribution in [0.1, 0.15) is 67.8 Å². The predicted molar refractivity (Wildman–Crippen MR) is 111 cm³/mol. The molecule has 0 aromatic heterocycles. The Morgan fingerprint density at radius 1 is 1.23 bits per heavy atom. The molecule has 0 radical (unpaired) electrons. The second-order valence-electron chi connectivity index (χ2n) is 8.08. The van der Waals surface area contributed by atoms with Crippen LogP contribution in [0.2, 0.25) is 0 Å². The monoisotopic (exact) mass is 415 g/mol. The van der Waals surface area contributed by atoms with Gasteiger partial charge in [-0.2, -0.15) is 0 Å². The molecule has 8 nitrogen and oxygen atoms in total. The summed E-state index contributed by atoms with van der Waals surface area (Å²) in [5.41, 5.74) is 1.98. The molecule has 3 atom stereocenters. The zero-order valence-electron chi connectivity index (χ0n) is 17.2. The molecule has 1 fully saturated rings. The summed E-state index contributed by atoms with van der Waals surface area (Å²) in [4.78, 5) is 48.7. The molecule has 1 saturated carbocycles. The lowest BCUT2D eigenvalue weighted by atomic mass is 10.00. The van der Waals surface area contributed by atoms with E-state index in [0.29, 0.717) is 43.4 Å². The lowest BCUT2D eigenvalue weighted by Crippen LogP contribution is -2.51. The van der Waals surface area contributed by atoms with Crippen molar-refractivity contribution < 1.29 is 24.3 Å². The first-order valence-corrected chi connectivity index (χ1v) is 10.7. The van der Waals surface area contributed by atoms with E-state index in [1.807, 2.05) is 13.0 Å². The van der Waals surface area contributed by atoms with Crippen molar-refractivity contribution in [2.75, 3.05) is 5.32 Å². The number of unbranched alkanes of at least 4 members (excludes halogenated alkanes) is 1. The van der Waals surface area contributed by atoms with E-state index >= 15 is 0 Å². The van der Waals surface area contributed by atoms with E-state index in [0.717, 1.165) is 24.8 Å². The maximum Gasteiger partial charge on any atom is 0.308 e. The maximum atomic E-state index is 12.8. The Labute approximate surface area is 175 Å². The van der Waals surface area contributed by atoms with E-state index in [4.69, 9.17) is 0 Å². The second kappa shape index (κ2) is 9.73. The summed E-state index contributed by atoms with van der Waals surface area (Å²) in [6.45, 7) is 2.00. The quantitative estimate of drug-likeness (QED) is 0.518. The van der Waals surface area contributed by atoms with E-state index < -0.39 is 29.9 Å². The molecule has 4 N–H and O–H groups in total. The summed E-state index contributed by atoms with van der Waals surface area (Å²) in [7, 11) is 0. The number of carboxylic acids is 1. The van der Waals surface area contributed by atoms with Crippen molar-refractivity contribution in [2.24, 2.45) is 5.92 Å². The molecule has 1 aliphatic carbocycles. The Morgan fingerprint density at radius 2 is 2.03 bits per heavy atom. The molecule has 0 spiro atoms. The number of aliphatic carboxylic acids is 1. The van der Waals surface area contributed by atoms with Gasteiger partial charge < -0.3 is 21.1 Å². The fourth-order valence-electron chi connectivity index (χ4n) is 4.14. The third-order valence-electron chi connectivity index (χ3n) is 5.90. The first-order chi connectivity index (χ1) is 14.4. The average molecular weight is 415 g/mol. The zero-order chi connectivity index (χ0) is 21.7. The van der Waals surface area contributed by atoms with Crippen molar-refractivity contribution in [2.45, 2.75) is 70.4 Å². The van der Waals surface area contributed by atoms with Gasteiger partial charge in [-0.15, -0.1) is 0 Å². The molecule has 3 amide bonds. The highest BCUT2D eigenvalue weighted by Crippen LogP contribution is 2.26. The van der Waals surface area contributed by atoms with Gasteiger partial charge in [0, 0.05) is 23.7 Å². The molecule has 30 heavy (non-hydrogen) atoms. The standard InChI is InChI=1S/C22H29N3O5/c1-2-3-6-17(21(28)24-16-7-4-5-15(16)22(29)30)25-20(27)14-9-8-13-10-11-19(26)23-18(13)12-14/h8-9,12,15-17H,2-7,10-11H2,1H3,(H,23,26)(H,24,28)(H,25,27)(H,29,30)/t15-,16+,17+/m1/s1. The SMILES string of the molecule is CCCC[C@H](NC(=O)c1ccc2c(c1)NC(=O)CC2)C(=O)N[C@H]1CCC[C@H]1C(=O)O. The number of benzene rings is 1. The minimum atomic E-state index is -0.900. The van der Waals surface area contributed by atoms with Crippen LogP contribution in [-0.4, -0.2) is 40.9 Å². The minimum Gasteiger partial charge on any atom is -0.481 e. The third-order valence-corrected chi connectivity index (χ3v) is 5.90. The molecular formula is C22H29N3O5. The van der Waals surface area contributed by atoms with Gasteiger partial charge in [0.1, 0.15) is 6.04 Å². The Bertz CT molecular complexity index is 838. The number of carbonyl (C=O) groups is 4. The molecule has 3 rings (SSSR count). The number of anilines is 1. The van der Waals surface area contributed by atoms with Gasteiger partial charge in [0.15, 0.2) is 0 Å². The smallest absolute Gasteiger partial charge is 0.308 e. The summed E-state index contributed by atoms with van der Waals surface area (Å²) >= 11 is 0. The summed E-state index contributed by atoms with van der Waals surface area (Å²) in [5, 5.41) is 17.7. The molecule has 0 unspecified atom stereocenters.